The van der Waals surface area contributed by atoms with Crippen molar-refractivity contribution in [2.75, 3.05) is 0 Å². The van der Waals surface area contributed by atoms with Crippen molar-refractivity contribution >= 4 is 22.4 Å². The Kier molecular flexibility index (Phi) is 9.22. The number of benzene rings is 8. The van der Waals surface area contributed by atoms with E-state index in [4.69, 9.17) is 20.0 Å². The first-order valence-corrected chi connectivity index (χ1v) is 19.5. The summed E-state index contributed by atoms with van der Waals surface area (Å²) in [7, 11) is 0. The maximum atomic E-state index is 5.07. The molecule has 0 fully saturated rings. The van der Waals surface area contributed by atoms with Crippen LogP contribution in [0.5, 0.6) is 0 Å². The second kappa shape index (κ2) is 15.4. The number of nitrogens with one attached hydrogen (secondary N) is 1. The van der Waals surface area contributed by atoms with Gasteiger partial charge in [-0.25, -0.2) is 20.0 Å². The van der Waals surface area contributed by atoms with Gasteiger partial charge < -0.3 is 5.32 Å². The monoisotopic (exact) mass is 743 g/mol. The largest absolute Gasteiger partial charge is 0.344 e. The normalized spacial score (nSPS) is 13.7. The third kappa shape index (κ3) is 6.97. The lowest BCUT2D eigenvalue weighted by atomic mass is 9.89. The van der Waals surface area contributed by atoms with E-state index in [2.05, 4.69) is 145 Å². The molecule has 5 heteroatoms. The Hall–Kier alpha value is -7.76. The summed E-state index contributed by atoms with van der Waals surface area (Å²) >= 11 is 0. The van der Waals surface area contributed by atoms with Crippen molar-refractivity contribution < 1.29 is 0 Å². The molecule has 0 bridgehead atoms. The molecule has 8 aromatic carbocycles. The molecule has 1 unspecified atom stereocenters. The van der Waals surface area contributed by atoms with Crippen molar-refractivity contribution in [3.8, 4) is 56.2 Å². The van der Waals surface area contributed by atoms with E-state index >= 15 is 0 Å². The van der Waals surface area contributed by atoms with Gasteiger partial charge in [-0.3, -0.25) is 0 Å². The van der Waals surface area contributed by atoms with Gasteiger partial charge in [0, 0.05) is 27.8 Å². The van der Waals surface area contributed by atoms with Crippen LogP contribution < -0.4 is 5.32 Å². The molecule has 274 valence electrons. The van der Waals surface area contributed by atoms with Gasteiger partial charge >= 0.3 is 0 Å². The van der Waals surface area contributed by atoms with Gasteiger partial charge in [-0.1, -0.05) is 206 Å². The van der Waals surface area contributed by atoms with E-state index < -0.39 is 0 Å². The van der Waals surface area contributed by atoms with Gasteiger partial charge in [0.05, 0.1) is 11.4 Å². The fourth-order valence-electron chi connectivity index (χ4n) is 7.63. The highest BCUT2D eigenvalue weighted by Crippen LogP contribution is 2.39. The Morgan fingerprint density at radius 1 is 0.397 bits per heavy atom. The molecule has 0 saturated carbocycles. The Balaban J connectivity index is 1.02. The Morgan fingerprint density at radius 2 is 0.914 bits per heavy atom. The highest BCUT2D eigenvalue weighted by molar-refractivity contribution is 6.13. The van der Waals surface area contributed by atoms with E-state index in [1.165, 1.54) is 16.3 Å². The van der Waals surface area contributed by atoms with Gasteiger partial charge in [-0.2, -0.15) is 0 Å². The van der Waals surface area contributed by atoms with E-state index in [1.54, 1.807) is 0 Å². The van der Waals surface area contributed by atoms with E-state index in [0.29, 0.717) is 11.7 Å². The minimum absolute atomic E-state index is 0.256. The van der Waals surface area contributed by atoms with Crippen molar-refractivity contribution in [1.82, 2.24) is 15.3 Å². The van der Waals surface area contributed by atoms with E-state index in [1.807, 2.05) is 72.8 Å². The van der Waals surface area contributed by atoms with Crippen molar-refractivity contribution in [2.45, 2.75) is 6.17 Å². The Morgan fingerprint density at radius 3 is 1.59 bits per heavy atom. The summed E-state index contributed by atoms with van der Waals surface area (Å²) in [6.07, 6.45) is -0.256. The van der Waals surface area contributed by atoms with Crippen LogP contribution in [0, 0.1) is 0 Å². The molecular formula is C53H37N5. The lowest BCUT2D eigenvalue weighted by molar-refractivity contribution is 0.674. The molecule has 1 aromatic heterocycles. The summed E-state index contributed by atoms with van der Waals surface area (Å²) in [5.74, 6) is 2.20. The van der Waals surface area contributed by atoms with Gasteiger partial charge in [-0.15, -0.1) is 0 Å². The smallest absolute Gasteiger partial charge is 0.160 e. The van der Waals surface area contributed by atoms with Gasteiger partial charge in [0.1, 0.15) is 12.0 Å². The second-order valence-corrected chi connectivity index (χ2v) is 14.3. The molecule has 10 rings (SSSR count). The molecule has 0 spiro atoms. The molecule has 9 aromatic rings. The molecule has 1 aliphatic heterocycles. The van der Waals surface area contributed by atoms with E-state index in [0.717, 1.165) is 67.3 Å². The lowest BCUT2D eigenvalue weighted by Crippen LogP contribution is -2.33. The summed E-state index contributed by atoms with van der Waals surface area (Å²) in [6.45, 7) is 0. The van der Waals surface area contributed by atoms with Crippen LogP contribution in [-0.2, 0) is 0 Å². The topological polar surface area (TPSA) is 62.5 Å². The molecule has 1 aliphatic rings. The minimum atomic E-state index is -0.256. The molecule has 1 atom stereocenters. The number of hydrogen-bond donors (Lipinski definition) is 1. The van der Waals surface area contributed by atoms with Crippen molar-refractivity contribution in [2.24, 2.45) is 9.98 Å². The highest BCUT2D eigenvalue weighted by atomic mass is 15.2. The van der Waals surface area contributed by atoms with E-state index in [9.17, 15) is 0 Å². The van der Waals surface area contributed by atoms with Crippen LogP contribution in [0.3, 0.4) is 0 Å². The van der Waals surface area contributed by atoms with Crippen LogP contribution in [0.4, 0.5) is 0 Å². The fourth-order valence-corrected chi connectivity index (χ4v) is 7.63. The van der Waals surface area contributed by atoms with Crippen molar-refractivity contribution in [1.29, 1.82) is 0 Å². The summed E-state index contributed by atoms with van der Waals surface area (Å²) in [5, 5.41) is 6.00. The maximum Gasteiger partial charge on any atom is 0.160 e. The van der Waals surface area contributed by atoms with Crippen LogP contribution >= 0.6 is 0 Å². The first kappa shape index (κ1) is 34.7. The predicted molar refractivity (Wildman–Crippen MR) is 239 cm³/mol. The first-order valence-electron chi connectivity index (χ1n) is 19.5. The molecule has 5 nitrogen and oxygen atoms in total. The molecule has 1 N–H and O–H groups in total. The number of fused-ring (bicyclic) bond motifs is 1. The molecule has 0 amide bonds. The minimum Gasteiger partial charge on any atom is -0.344 e. The number of aromatic nitrogens is 2. The zero-order valence-electron chi connectivity index (χ0n) is 31.6. The number of hydrogen-bond acceptors (Lipinski definition) is 5. The third-order valence-corrected chi connectivity index (χ3v) is 10.6. The maximum absolute atomic E-state index is 5.07. The number of amidine groups is 2. The van der Waals surface area contributed by atoms with Crippen molar-refractivity contribution in [3.05, 3.63) is 229 Å². The zero-order chi connectivity index (χ0) is 38.7. The zero-order valence-corrected chi connectivity index (χ0v) is 31.6. The van der Waals surface area contributed by atoms with Crippen LogP contribution in [0.25, 0.3) is 66.9 Å². The molecular weight excluding hydrogens is 707 g/mol. The summed E-state index contributed by atoms with van der Waals surface area (Å²) in [5.41, 5.74) is 12.5. The van der Waals surface area contributed by atoms with E-state index in [-0.39, 0.29) is 6.17 Å². The average molecular weight is 744 g/mol. The molecule has 2 heterocycles. The predicted octanol–water partition coefficient (Wildman–Crippen LogP) is 12.5. The molecule has 0 saturated heterocycles. The van der Waals surface area contributed by atoms with Crippen LogP contribution in [0.15, 0.2) is 222 Å². The van der Waals surface area contributed by atoms with Gasteiger partial charge in [0.15, 0.2) is 11.7 Å². The molecule has 0 radical (unpaired) electrons. The van der Waals surface area contributed by atoms with Gasteiger partial charge in [0.2, 0.25) is 0 Å². The Bertz CT molecular complexity index is 2870. The number of aliphatic imine (C=N–C) groups is 2. The summed E-state index contributed by atoms with van der Waals surface area (Å²) < 4.78 is 0. The number of rotatable bonds is 8. The fraction of sp³-hybridized carbons (Fsp3) is 0.0189. The standard InChI is InChI=1S/C53H37N5/c1-5-16-38(17-6-1)47-35-48(55-50(54-47)41-18-7-2-8-19-41)39-27-25-37(26-28-39)46-34-33-36-15-13-14-24-45(36)49(46)40-29-31-44(32-30-40)53-57-51(42-20-9-3-10-21-42)56-52(58-53)43-22-11-4-12-23-43/h1-35,51H,(H,56,57,58). The van der Waals surface area contributed by atoms with Crippen LogP contribution in [0.2, 0.25) is 0 Å². The van der Waals surface area contributed by atoms with Crippen LogP contribution in [0.1, 0.15) is 22.9 Å². The van der Waals surface area contributed by atoms with Crippen molar-refractivity contribution in [3.63, 3.8) is 0 Å². The number of nitrogens with zero attached hydrogens (tertiary/aromatic N) is 4. The average Bonchev–Trinajstić information content (AvgIpc) is 3.32. The Labute approximate surface area is 337 Å². The van der Waals surface area contributed by atoms with Gasteiger partial charge in [-0.05, 0) is 44.7 Å². The molecule has 58 heavy (non-hydrogen) atoms. The lowest BCUT2D eigenvalue weighted by Gasteiger charge is -2.24. The first-order chi connectivity index (χ1) is 28.7. The summed E-state index contributed by atoms with van der Waals surface area (Å²) in [4.78, 5) is 20.1. The summed E-state index contributed by atoms with van der Waals surface area (Å²) in [6, 6.07) is 73.6. The quantitative estimate of drug-likeness (QED) is 0.169. The van der Waals surface area contributed by atoms with Gasteiger partial charge in [0.25, 0.3) is 0 Å². The third-order valence-electron chi connectivity index (χ3n) is 10.6. The highest BCUT2D eigenvalue weighted by Gasteiger charge is 2.21. The SMILES string of the molecule is c1ccc(C2=NC(c3ccccc3)NC(c3ccc(-c4c(-c5ccc(-c6cc(-c7ccccc7)nc(-c7ccccc7)n6)cc5)ccc5ccccc45)cc3)=N2)cc1. The molecule has 0 aliphatic carbocycles. The van der Waals surface area contributed by atoms with Crippen LogP contribution in [-0.4, -0.2) is 21.6 Å². The second-order valence-electron chi connectivity index (χ2n) is 14.3.